The van der Waals surface area contributed by atoms with Gasteiger partial charge in [0.25, 0.3) is 0 Å². The second-order valence-electron chi connectivity index (χ2n) is 6.40. The van der Waals surface area contributed by atoms with Gasteiger partial charge in [0, 0.05) is 16.9 Å². The van der Waals surface area contributed by atoms with E-state index in [2.05, 4.69) is 58.9 Å². The predicted molar refractivity (Wildman–Crippen MR) is 89.9 cm³/mol. The Balaban J connectivity index is 1.99. The van der Waals surface area contributed by atoms with E-state index in [1.54, 1.807) is 0 Å². The summed E-state index contributed by atoms with van der Waals surface area (Å²) in [5, 5.41) is 0. The van der Waals surface area contributed by atoms with Gasteiger partial charge in [-0.05, 0) is 55.9 Å². The molecular formula is C17H27BrN2. The first-order chi connectivity index (χ1) is 9.61. The van der Waals surface area contributed by atoms with Crippen LogP contribution in [-0.2, 0) is 0 Å². The molecule has 3 heteroatoms. The van der Waals surface area contributed by atoms with Gasteiger partial charge in [-0.3, -0.25) is 0 Å². The molecule has 2 N–H and O–H groups in total. The molecule has 1 aliphatic heterocycles. The predicted octanol–water partition coefficient (Wildman–Crippen LogP) is 3.86. The average Bonchev–Trinajstić information content (AvgIpc) is 2.43. The van der Waals surface area contributed by atoms with Gasteiger partial charge in [0.05, 0.1) is 0 Å². The molecule has 0 radical (unpaired) electrons. The first-order valence-corrected chi connectivity index (χ1v) is 8.58. The molecule has 0 spiro atoms. The topological polar surface area (TPSA) is 29.3 Å². The highest BCUT2D eigenvalue weighted by molar-refractivity contribution is 9.10. The Morgan fingerprint density at radius 1 is 1.25 bits per heavy atom. The summed E-state index contributed by atoms with van der Waals surface area (Å²) in [7, 11) is 0. The zero-order valence-corrected chi connectivity index (χ0v) is 14.3. The Morgan fingerprint density at radius 3 is 2.45 bits per heavy atom. The fourth-order valence-corrected chi connectivity index (χ4v) is 3.98. The first-order valence-electron chi connectivity index (χ1n) is 7.78. The summed E-state index contributed by atoms with van der Waals surface area (Å²) >= 11 is 3.68. The van der Waals surface area contributed by atoms with Gasteiger partial charge >= 0.3 is 0 Å². The van der Waals surface area contributed by atoms with E-state index in [9.17, 15) is 0 Å². The van der Waals surface area contributed by atoms with E-state index in [1.807, 2.05) is 0 Å². The Kier molecular flexibility index (Phi) is 6.06. The second kappa shape index (κ2) is 7.58. The maximum atomic E-state index is 6.09. The van der Waals surface area contributed by atoms with Crippen LogP contribution in [0.4, 0.5) is 0 Å². The van der Waals surface area contributed by atoms with E-state index in [0.717, 1.165) is 18.4 Å². The van der Waals surface area contributed by atoms with Crippen LogP contribution >= 0.6 is 15.9 Å². The van der Waals surface area contributed by atoms with Crippen LogP contribution in [0.1, 0.15) is 38.2 Å². The average molecular weight is 339 g/mol. The minimum Gasteiger partial charge on any atom is -0.330 e. The van der Waals surface area contributed by atoms with Crippen LogP contribution in [-0.4, -0.2) is 31.1 Å². The molecule has 1 fully saturated rings. The second-order valence-corrected chi connectivity index (χ2v) is 7.25. The largest absolute Gasteiger partial charge is 0.330 e. The van der Waals surface area contributed by atoms with Crippen LogP contribution in [0, 0.1) is 11.8 Å². The van der Waals surface area contributed by atoms with Crippen molar-refractivity contribution in [3.8, 4) is 0 Å². The van der Waals surface area contributed by atoms with E-state index < -0.39 is 0 Å². The highest BCUT2D eigenvalue weighted by Crippen LogP contribution is 2.35. The van der Waals surface area contributed by atoms with Crippen LogP contribution in [0.15, 0.2) is 28.7 Å². The molecule has 112 valence electrons. The van der Waals surface area contributed by atoms with Crippen LogP contribution in [0.3, 0.4) is 0 Å². The Morgan fingerprint density at radius 2 is 1.90 bits per heavy atom. The van der Waals surface area contributed by atoms with E-state index in [4.69, 9.17) is 5.73 Å². The molecule has 0 aliphatic carbocycles. The Bertz CT molecular complexity index is 411. The summed E-state index contributed by atoms with van der Waals surface area (Å²) in [5.41, 5.74) is 7.47. The number of nitrogens with zero attached hydrogens (tertiary/aromatic N) is 1. The van der Waals surface area contributed by atoms with Crippen molar-refractivity contribution in [2.24, 2.45) is 17.6 Å². The van der Waals surface area contributed by atoms with Gasteiger partial charge in [-0.1, -0.05) is 48.0 Å². The molecular weight excluding hydrogens is 312 g/mol. The number of rotatable bonds is 5. The van der Waals surface area contributed by atoms with Gasteiger partial charge in [-0.15, -0.1) is 0 Å². The maximum absolute atomic E-state index is 6.09. The highest BCUT2D eigenvalue weighted by Gasteiger charge is 2.27. The summed E-state index contributed by atoms with van der Waals surface area (Å²) in [6.07, 6.45) is 2.55. The first kappa shape index (κ1) is 16.0. The third-order valence-corrected chi connectivity index (χ3v) is 5.11. The molecule has 1 atom stereocenters. The highest BCUT2D eigenvalue weighted by atomic mass is 79.9. The molecule has 0 saturated carbocycles. The molecule has 2 rings (SSSR count). The minimum absolute atomic E-state index is 0.492. The number of piperidine rings is 1. The number of hydrogen-bond acceptors (Lipinski definition) is 2. The van der Waals surface area contributed by atoms with Crippen molar-refractivity contribution in [1.82, 2.24) is 4.90 Å². The fraction of sp³-hybridized carbons (Fsp3) is 0.647. The van der Waals surface area contributed by atoms with Gasteiger partial charge in [-0.25, -0.2) is 0 Å². The quantitative estimate of drug-likeness (QED) is 0.883. The Hall–Kier alpha value is -0.380. The summed E-state index contributed by atoms with van der Waals surface area (Å²) in [6.45, 7) is 9.03. The molecule has 1 aromatic rings. The van der Waals surface area contributed by atoms with Crippen molar-refractivity contribution >= 4 is 15.9 Å². The maximum Gasteiger partial charge on any atom is 0.0210 e. The standard InChI is InChI=1S/C17H27BrN2/c1-13(2)12-20-9-7-14(8-10-20)16(11-19)15-5-3-4-6-17(15)18/h3-6,13-14,16H,7-12,19H2,1-2H3. The fourth-order valence-electron chi connectivity index (χ4n) is 3.40. The minimum atomic E-state index is 0.492. The molecule has 1 aromatic carbocycles. The molecule has 1 aliphatic rings. The van der Waals surface area contributed by atoms with Crippen molar-refractivity contribution in [2.45, 2.75) is 32.6 Å². The van der Waals surface area contributed by atoms with Crippen molar-refractivity contribution in [1.29, 1.82) is 0 Å². The van der Waals surface area contributed by atoms with Gasteiger partial charge in [0.1, 0.15) is 0 Å². The lowest BCUT2D eigenvalue weighted by molar-refractivity contribution is 0.155. The smallest absolute Gasteiger partial charge is 0.0210 e. The SMILES string of the molecule is CC(C)CN1CCC(C(CN)c2ccccc2Br)CC1. The lowest BCUT2D eigenvalue weighted by Gasteiger charge is -2.37. The molecule has 0 aromatic heterocycles. The zero-order valence-electron chi connectivity index (χ0n) is 12.7. The van der Waals surface area contributed by atoms with E-state index in [1.165, 1.54) is 42.5 Å². The van der Waals surface area contributed by atoms with Gasteiger partial charge in [0.2, 0.25) is 0 Å². The number of nitrogens with two attached hydrogens (primary N) is 1. The van der Waals surface area contributed by atoms with Gasteiger partial charge < -0.3 is 10.6 Å². The van der Waals surface area contributed by atoms with E-state index in [-0.39, 0.29) is 0 Å². The number of halogens is 1. The molecule has 2 nitrogen and oxygen atoms in total. The number of benzene rings is 1. The van der Waals surface area contributed by atoms with E-state index in [0.29, 0.717) is 5.92 Å². The van der Waals surface area contributed by atoms with Crippen LogP contribution in [0.25, 0.3) is 0 Å². The van der Waals surface area contributed by atoms with Gasteiger partial charge in [0.15, 0.2) is 0 Å². The van der Waals surface area contributed by atoms with Crippen molar-refractivity contribution < 1.29 is 0 Å². The lowest BCUT2D eigenvalue weighted by atomic mass is 9.80. The zero-order chi connectivity index (χ0) is 14.5. The van der Waals surface area contributed by atoms with Crippen LogP contribution in [0.2, 0.25) is 0 Å². The lowest BCUT2D eigenvalue weighted by Crippen LogP contribution is -2.38. The van der Waals surface area contributed by atoms with E-state index >= 15 is 0 Å². The number of hydrogen-bond donors (Lipinski definition) is 1. The van der Waals surface area contributed by atoms with Gasteiger partial charge in [-0.2, -0.15) is 0 Å². The third-order valence-electron chi connectivity index (χ3n) is 4.38. The summed E-state index contributed by atoms with van der Waals surface area (Å²) in [6, 6.07) is 8.55. The van der Waals surface area contributed by atoms with Crippen molar-refractivity contribution in [3.05, 3.63) is 34.3 Å². The summed E-state index contributed by atoms with van der Waals surface area (Å²) in [4.78, 5) is 2.61. The molecule has 1 saturated heterocycles. The Labute approximate surface area is 131 Å². The normalized spacial score (nSPS) is 19.4. The number of likely N-dealkylation sites (tertiary alicyclic amines) is 1. The summed E-state index contributed by atoms with van der Waals surface area (Å²) in [5.74, 6) is 1.98. The van der Waals surface area contributed by atoms with Crippen molar-refractivity contribution in [3.63, 3.8) is 0 Å². The van der Waals surface area contributed by atoms with Crippen LogP contribution in [0.5, 0.6) is 0 Å². The molecule has 0 bridgehead atoms. The van der Waals surface area contributed by atoms with Crippen molar-refractivity contribution in [2.75, 3.05) is 26.2 Å². The molecule has 20 heavy (non-hydrogen) atoms. The van der Waals surface area contributed by atoms with Crippen LogP contribution < -0.4 is 5.73 Å². The molecule has 1 unspecified atom stereocenters. The monoisotopic (exact) mass is 338 g/mol. The molecule has 0 amide bonds. The summed E-state index contributed by atoms with van der Waals surface area (Å²) < 4.78 is 1.21. The molecule has 1 heterocycles. The third kappa shape index (κ3) is 4.06.